The van der Waals surface area contributed by atoms with Gasteiger partial charge in [0.15, 0.2) is 9.84 Å². The predicted molar refractivity (Wildman–Crippen MR) is 128 cm³/mol. The van der Waals surface area contributed by atoms with Crippen LogP contribution >= 0.6 is 22.9 Å². The van der Waals surface area contributed by atoms with Gasteiger partial charge in [0.25, 0.3) is 0 Å². The fourth-order valence-corrected chi connectivity index (χ4v) is 6.71. The second kappa shape index (κ2) is 9.47. The second-order valence-electron chi connectivity index (χ2n) is 8.14. The minimum Gasteiger partial charge on any atom is -0.369 e. The van der Waals surface area contributed by atoms with E-state index in [1.807, 2.05) is 30.1 Å². The number of rotatable bonds is 7. The molecule has 5 nitrogen and oxygen atoms in total. The molecule has 2 atom stereocenters. The number of thiazole rings is 1. The van der Waals surface area contributed by atoms with Gasteiger partial charge >= 0.3 is 0 Å². The van der Waals surface area contributed by atoms with E-state index in [9.17, 15) is 12.8 Å². The Balaban J connectivity index is 1.53. The van der Waals surface area contributed by atoms with Crippen LogP contribution in [-0.4, -0.2) is 44.0 Å². The molecule has 2 aromatic carbocycles. The van der Waals surface area contributed by atoms with Gasteiger partial charge in [-0.2, -0.15) is 0 Å². The van der Waals surface area contributed by atoms with E-state index in [0.717, 1.165) is 19.5 Å². The first kappa shape index (κ1) is 23.2. The molecule has 0 radical (unpaired) electrons. The van der Waals surface area contributed by atoms with Crippen molar-refractivity contribution in [1.29, 1.82) is 0 Å². The number of halogens is 2. The van der Waals surface area contributed by atoms with Crippen LogP contribution in [0.15, 0.2) is 58.3 Å². The Bertz CT molecular complexity index is 1170. The molecule has 2 heterocycles. The van der Waals surface area contributed by atoms with Crippen LogP contribution in [0.25, 0.3) is 0 Å². The molecule has 1 fully saturated rings. The zero-order chi connectivity index (χ0) is 22.9. The highest BCUT2D eigenvalue weighted by molar-refractivity contribution is 7.90. The smallest absolute Gasteiger partial charge is 0.187 e. The molecule has 1 unspecified atom stereocenters. The van der Waals surface area contributed by atoms with Crippen LogP contribution < -0.4 is 4.90 Å². The van der Waals surface area contributed by atoms with Crippen molar-refractivity contribution in [3.05, 3.63) is 75.5 Å². The number of benzene rings is 2. The molecule has 9 heteroatoms. The number of anilines is 1. The zero-order valence-electron chi connectivity index (χ0n) is 17.9. The van der Waals surface area contributed by atoms with Crippen molar-refractivity contribution in [3.63, 3.8) is 0 Å². The quantitative estimate of drug-likeness (QED) is 0.463. The first-order chi connectivity index (χ1) is 15.3. The highest BCUT2D eigenvalue weighted by atomic mass is 35.5. The monoisotopic (exact) mass is 493 g/mol. The molecule has 170 valence electrons. The lowest BCUT2D eigenvalue weighted by Gasteiger charge is -2.33. The Hall–Kier alpha value is -2.00. The maximum atomic E-state index is 15.0. The Morgan fingerprint density at radius 1 is 1.28 bits per heavy atom. The summed E-state index contributed by atoms with van der Waals surface area (Å²) >= 11 is 7.77. The minimum absolute atomic E-state index is 0.132. The summed E-state index contributed by atoms with van der Waals surface area (Å²) in [6.45, 7) is 3.93. The molecule has 0 saturated carbocycles. The molecule has 1 aromatic heterocycles. The van der Waals surface area contributed by atoms with Crippen LogP contribution in [0.2, 0.25) is 5.02 Å². The number of likely N-dealkylation sites (N-methyl/N-ethyl adjacent to an activating group) is 1. The Morgan fingerprint density at radius 3 is 2.72 bits per heavy atom. The van der Waals surface area contributed by atoms with Gasteiger partial charge in [0.05, 0.1) is 27.7 Å². The third-order valence-electron chi connectivity index (χ3n) is 6.11. The fraction of sp³-hybridized carbons (Fsp3) is 0.348. The van der Waals surface area contributed by atoms with Crippen LogP contribution in [0.5, 0.6) is 0 Å². The van der Waals surface area contributed by atoms with Crippen molar-refractivity contribution < 1.29 is 12.8 Å². The molecule has 1 saturated heterocycles. The Kier molecular flexibility index (Phi) is 6.86. The van der Waals surface area contributed by atoms with Crippen molar-refractivity contribution in [2.75, 3.05) is 18.5 Å². The topological polar surface area (TPSA) is 53.5 Å². The molecule has 32 heavy (non-hydrogen) atoms. The number of hydrogen-bond donors (Lipinski definition) is 0. The van der Waals surface area contributed by atoms with Crippen molar-refractivity contribution >= 4 is 38.5 Å². The minimum atomic E-state index is -3.89. The summed E-state index contributed by atoms with van der Waals surface area (Å²) < 4.78 is 40.4. The third kappa shape index (κ3) is 4.83. The summed E-state index contributed by atoms with van der Waals surface area (Å²) in [5.74, 6) is -1.15. The van der Waals surface area contributed by atoms with Gasteiger partial charge in [0.1, 0.15) is 10.7 Å². The average molecular weight is 494 g/mol. The largest absolute Gasteiger partial charge is 0.369 e. The van der Waals surface area contributed by atoms with E-state index < -0.39 is 20.5 Å². The van der Waals surface area contributed by atoms with E-state index in [2.05, 4.69) is 28.9 Å². The molecular weight excluding hydrogens is 469 g/mol. The molecule has 3 aromatic rings. The molecule has 0 N–H and O–H groups in total. The third-order valence-corrected chi connectivity index (χ3v) is 8.71. The van der Waals surface area contributed by atoms with Crippen molar-refractivity contribution in [1.82, 2.24) is 9.88 Å². The number of likely N-dealkylation sites (tertiary alicyclic amines) is 1. The van der Waals surface area contributed by atoms with E-state index in [1.54, 1.807) is 10.9 Å². The van der Waals surface area contributed by atoms with Gasteiger partial charge in [0, 0.05) is 43.7 Å². The van der Waals surface area contributed by atoms with E-state index >= 15 is 0 Å². The molecule has 1 aliphatic heterocycles. The number of hydrogen-bond acceptors (Lipinski definition) is 6. The van der Waals surface area contributed by atoms with Crippen LogP contribution in [0.1, 0.15) is 24.6 Å². The standard InChI is InChI=1S/C23H25ClFN3O2S2/c1-16-21(8-9-28(16)12-17-6-4-3-5-7-17)27(2)22-11-20(25)23(10-19(22)24)32(29,30)14-18-13-31-15-26-18/h3-7,10-11,13,15-16,21H,8-9,12,14H2,1-2H3/t16-,21?/m1/s1. The van der Waals surface area contributed by atoms with Crippen LogP contribution in [0.3, 0.4) is 0 Å². The highest BCUT2D eigenvalue weighted by Crippen LogP contribution is 2.35. The summed E-state index contributed by atoms with van der Waals surface area (Å²) in [6.07, 6.45) is 0.909. The van der Waals surface area contributed by atoms with Gasteiger partial charge in [-0.15, -0.1) is 11.3 Å². The normalized spacial score (nSPS) is 19.4. The van der Waals surface area contributed by atoms with Gasteiger partial charge < -0.3 is 4.90 Å². The summed E-state index contributed by atoms with van der Waals surface area (Å²) in [5, 5.41) is 1.86. The summed E-state index contributed by atoms with van der Waals surface area (Å²) in [4.78, 5) is 7.97. The maximum absolute atomic E-state index is 15.0. The van der Waals surface area contributed by atoms with Gasteiger partial charge in [-0.25, -0.2) is 17.8 Å². The van der Waals surface area contributed by atoms with Gasteiger partial charge in [-0.3, -0.25) is 4.90 Å². The van der Waals surface area contributed by atoms with Crippen molar-refractivity contribution in [2.45, 2.75) is 42.6 Å². The Labute approximate surface area is 197 Å². The summed E-state index contributed by atoms with van der Waals surface area (Å²) in [6, 6.07) is 13.1. The molecule has 0 amide bonds. The summed E-state index contributed by atoms with van der Waals surface area (Å²) in [7, 11) is -2.01. The fourth-order valence-electron chi connectivity index (χ4n) is 4.33. The number of nitrogens with zero attached hydrogens (tertiary/aromatic N) is 3. The summed E-state index contributed by atoms with van der Waals surface area (Å²) in [5.41, 5.74) is 3.69. The second-order valence-corrected chi connectivity index (χ2v) is 11.2. The molecule has 0 aliphatic carbocycles. The molecular formula is C23H25ClFN3O2S2. The van der Waals surface area contributed by atoms with Crippen LogP contribution in [0.4, 0.5) is 10.1 Å². The molecule has 0 bridgehead atoms. The zero-order valence-corrected chi connectivity index (χ0v) is 20.3. The highest BCUT2D eigenvalue weighted by Gasteiger charge is 2.34. The van der Waals surface area contributed by atoms with E-state index in [1.165, 1.54) is 29.0 Å². The average Bonchev–Trinajstić information content (AvgIpc) is 3.39. The van der Waals surface area contributed by atoms with Crippen LogP contribution in [-0.2, 0) is 22.1 Å². The first-order valence-corrected chi connectivity index (χ1v) is 13.3. The number of sulfone groups is 1. The van der Waals surface area contributed by atoms with E-state index in [-0.39, 0.29) is 22.9 Å². The lowest BCUT2D eigenvalue weighted by atomic mass is 10.1. The van der Waals surface area contributed by atoms with Gasteiger partial charge in [-0.05, 0) is 25.0 Å². The maximum Gasteiger partial charge on any atom is 0.187 e. The lowest BCUT2D eigenvalue weighted by molar-refractivity contribution is 0.250. The van der Waals surface area contributed by atoms with E-state index in [4.69, 9.17) is 11.6 Å². The van der Waals surface area contributed by atoms with Gasteiger partial charge in [0.2, 0.25) is 0 Å². The molecule has 1 aliphatic rings. The SMILES string of the molecule is C[C@@H]1C(N(C)c2cc(F)c(S(=O)(=O)Cc3cscn3)cc2Cl)CCN1Cc1ccccc1. The predicted octanol–water partition coefficient (Wildman–Crippen LogP) is 5.01. The van der Waals surface area contributed by atoms with Gasteiger partial charge in [-0.1, -0.05) is 41.9 Å². The lowest BCUT2D eigenvalue weighted by Crippen LogP contribution is -2.41. The first-order valence-electron chi connectivity index (χ1n) is 10.4. The van der Waals surface area contributed by atoms with Crippen molar-refractivity contribution in [3.8, 4) is 0 Å². The van der Waals surface area contributed by atoms with E-state index in [0.29, 0.717) is 11.4 Å². The Morgan fingerprint density at radius 2 is 2.03 bits per heavy atom. The van der Waals surface area contributed by atoms with Crippen molar-refractivity contribution in [2.24, 2.45) is 0 Å². The number of aromatic nitrogens is 1. The van der Waals surface area contributed by atoms with Crippen LogP contribution in [0, 0.1) is 5.82 Å². The molecule has 0 spiro atoms. The molecule has 4 rings (SSSR count).